The summed E-state index contributed by atoms with van der Waals surface area (Å²) in [5.41, 5.74) is 6.04. The summed E-state index contributed by atoms with van der Waals surface area (Å²) in [4.78, 5) is 16.2. The average Bonchev–Trinajstić information content (AvgIpc) is 3.26. The molecule has 0 saturated heterocycles. The van der Waals surface area contributed by atoms with Crippen molar-refractivity contribution in [1.82, 2.24) is 4.98 Å². The van der Waals surface area contributed by atoms with Crippen LogP contribution in [0.2, 0.25) is 0 Å². The van der Waals surface area contributed by atoms with Crippen molar-refractivity contribution < 1.29 is 15.0 Å². The first kappa shape index (κ1) is 16.0. The Labute approximate surface area is 148 Å². The maximum Gasteiger partial charge on any atom is 0.228 e. The molecule has 0 saturated carbocycles. The molecule has 1 aliphatic rings. The van der Waals surface area contributed by atoms with Crippen LogP contribution in [-0.2, 0) is 24.4 Å². The van der Waals surface area contributed by atoms with E-state index in [1.807, 2.05) is 41.8 Å². The van der Waals surface area contributed by atoms with Crippen molar-refractivity contribution in [2.75, 3.05) is 5.32 Å². The van der Waals surface area contributed by atoms with Crippen LogP contribution >= 0.6 is 11.3 Å². The van der Waals surface area contributed by atoms with Gasteiger partial charge in [-0.1, -0.05) is 18.2 Å². The third-order valence-electron chi connectivity index (χ3n) is 4.32. The molecule has 2 aromatic carbocycles. The number of fused-ring (bicyclic) bond motifs is 1. The zero-order valence-electron chi connectivity index (χ0n) is 13.3. The lowest BCUT2D eigenvalue weighted by atomic mass is 10.0. The van der Waals surface area contributed by atoms with Crippen LogP contribution in [0.15, 0.2) is 41.8 Å². The minimum Gasteiger partial charge on any atom is -0.392 e. The highest BCUT2D eigenvalue weighted by molar-refractivity contribution is 7.13. The summed E-state index contributed by atoms with van der Waals surface area (Å²) in [5.74, 6) is 0.0200. The SMILES string of the molecule is O=C1Cc2cc(-c3csc(-c4ccc(CO)c(CO)c4)n3)ccc2N1. The van der Waals surface area contributed by atoms with E-state index in [0.717, 1.165) is 38.6 Å². The molecule has 6 heteroatoms. The van der Waals surface area contributed by atoms with E-state index in [1.54, 1.807) is 0 Å². The topological polar surface area (TPSA) is 82.5 Å². The smallest absolute Gasteiger partial charge is 0.228 e. The normalized spacial score (nSPS) is 13.0. The molecule has 2 heterocycles. The Morgan fingerprint density at radius 2 is 1.84 bits per heavy atom. The van der Waals surface area contributed by atoms with Crippen molar-refractivity contribution in [1.29, 1.82) is 0 Å². The van der Waals surface area contributed by atoms with Crippen LogP contribution in [0.1, 0.15) is 16.7 Å². The Kier molecular flexibility index (Phi) is 4.09. The number of thiazole rings is 1. The molecular formula is C19H16N2O3S. The molecule has 25 heavy (non-hydrogen) atoms. The summed E-state index contributed by atoms with van der Waals surface area (Å²) in [5, 5.41) is 24.4. The van der Waals surface area contributed by atoms with Gasteiger partial charge < -0.3 is 15.5 Å². The van der Waals surface area contributed by atoms with Gasteiger partial charge in [0.05, 0.1) is 25.3 Å². The minimum absolute atomic E-state index is 0.0200. The molecule has 0 atom stereocenters. The number of rotatable bonds is 4. The average molecular weight is 352 g/mol. The van der Waals surface area contributed by atoms with Gasteiger partial charge >= 0.3 is 0 Å². The van der Waals surface area contributed by atoms with Crippen LogP contribution in [0, 0.1) is 0 Å². The first-order valence-electron chi connectivity index (χ1n) is 7.90. The third-order valence-corrected chi connectivity index (χ3v) is 5.22. The fourth-order valence-electron chi connectivity index (χ4n) is 2.99. The molecule has 0 fully saturated rings. The van der Waals surface area contributed by atoms with Gasteiger partial charge in [0.15, 0.2) is 0 Å². The predicted molar refractivity (Wildman–Crippen MR) is 97.2 cm³/mol. The van der Waals surface area contributed by atoms with Gasteiger partial charge in [-0.25, -0.2) is 4.98 Å². The lowest BCUT2D eigenvalue weighted by Crippen LogP contribution is -2.03. The van der Waals surface area contributed by atoms with E-state index in [0.29, 0.717) is 12.0 Å². The number of benzene rings is 2. The minimum atomic E-state index is -0.117. The summed E-state index contributed by atoms with van der Waals surface area (Å²) in [6.45, 7) is -0.213. The maximum atomic E-state index is 11.5. The Balaban J connectivity index is 1.67. The number of nitrogens with zero attached hydrogens (tertiary/aromatic N) is 1. The van der Waals surface area contributed by atoms with Crippen LogP contribution in [0.4, 0.5) is 5.69 Å². The number of carbonyl (C=O) groups excluding carboxylic acids is 1. The van der Waals surface area contributed by atoms with Gasteiger partial charge in [-0.15, -0.1) is 11.3 Å². The van der Waals surface area contributed by atoms with E-state index in [9.17, 15) is 15.0 Å². The molecule has 1 aromatic heterocycles. The number of anilines is 1. The number of aliphatic hydroxyl groups is 2. The van der Waals surface area contributed by atoms with Gasteiger partial charge in [0, 0.05) is 22.2 Å². The van der Waals surface area contributed by atoms with E-state index < -0.39 is 0 Å². The molecule has 4 rings (SSSR count). The fraction of sp³-hybridized carbons (Fsp3) is 0.158. The number of aliphatic hydroxyl groups excluding tert-OH is 2. The maximum absolute atomic E-state index is 11.5. The Bertz CT molecular complexity index is 965. The molecule has 0 radical (unpaired) electrons. The third kappa shape index (κ3) is 2.95. The van der Waals surface area contributed by atoms with Crippen LogP contribution < -0.4 is 5.32 Å². The Hall–Kier alpha value is -2.54. The largest absolute Gasteiger partial charge is 0.392 e. The zero-order valence-corrected chi connectivity index (χ0v) is 14.1. The molecule has 5 nitrogen and oxygen atoms in total. The molecule has 0 aliphatic carbocycles. The fourth-order valence-corrected chi connectivity index (χ4v) is 3.81. The zero-order chi connectivity index (χ0) is 17.4. The monoisotopic (exact) mass is 352 g/mol. The van der Waals surface area contributed by atoms with Gasteiger partial charge in [0.25, 0.3) is 0 Å². The Morgan fingerprint density at radius 3 is 2.64 bits per heavy atom. The first-order chi connectivity index (χ1) is 12.2. The predicted octanol–water partition coefficient (Wildman–Crippen LogP) is 2.96. The Morgan fingerprint density at radius 1 is 1.04 bits per heavy atom. The van der Waals surface area contributed by atoms with Crippen molar-refractivity contribution >= 4 is 22.9 Å². The van der Waals surface area contributed by atoms with Gasteiger partial charge in [-0.3, -0.25) is 4.79 Å². The number of hydrogen-bond acceptors (Lipinski definition) is 5. The van der Waals surface area contributed by atoms with E-state index >= 15 is 0 Å². The molecule has 3 N–H and O–H groups in total. The second kappa shape index (κ2) is 6.40. The summed E-state index contributed by atoms with van der Waals surface area (Å²) < 4.78 is 0. The van der Waals surface area contributed by atoms with E-state index in [-0.39, 0.29) is 19.1 Å². The number of aromatic nitrogens is 1. The molecule has 126 valence electrons. The van der Waals surface area contributed by atoms with E-state index in [1.165, 1.54) is 11.3 Å². The molecule has 0 bridgehead atoms. The summed E-state index contributed by atoms with van der Waals surface area (Å²) >= 11 is 1.53. The number of carbonyl (C=O) groups is 1. The quantitative estimate of drug-likeness (QED) is 0.674. The second-order valence-corrected chi connectivity index (χ2v) is 6.79. The number of nitrogens with one attached hydrogen (secondary N) is 1. The van der Waals surface area contributed by atoms with E-state index in [2.05, 4.69) is 5.32 Å². The molecule has 3 aromatic rings. The van der Waals surface area contributed by atoms with Crippen molar-refractivity contribution in [3.63, 3.8) is 0 Å². The van der Waals surface area contributed by atoms with Crippen molar-refractivity contribution in [3.05, 3.63) is 58.5 Å². The second-order valence-electron chi connectivity index (χ2n) is 5.93. The van der Waals surface area contributed by atoms with Crippen molar-refractivity contribution in [3.8, 4) is 21.8 Å². The van der Waals surface area contributed by atoms with Crippen LogP contribution in [-0.4, -0.2) is 21.1 Å². The van der Waals surface area contributed by atoms with Crippen molar-refractivity contribution in [2.45, 2.75) is 19.6 Å². The molecule has 1 amide bonds. The van der Waals surface area contributed by atoms with Gasteiger partial charge in [0.2, 0.25) is 5.91 Å². The lowest BCUT2D eigenvalue weighted by Gasteiger charge is -2.06. The summed E-state index contributed by atoms with van der Waals surface area (Å²) in [7, 11) is 0. The van der Waals surface area contributed by atoms with Crippen molar-refractivity contribution in [2.24, 2.45) is 0 Å². The summed E-state index contributed by atoms with van der Waals surface area (Å²) in [6.07, 6.45) is 0.405. The van der Waals surface area contributed by atoms with Gasteiger partial charge in [-0.2, -0.15) is 0 Å². The molecule has 0 spiro atoms. The number of hydrogen-bond donors (Lipinski definition) is 3. The van der Waals surface area contributed by atoms with Crippen LogP contribution in [0.25, 0.3) is 21.8 Å². The highest BCUT2D eigenvalue weighted by Crippen LogP contribution is 2.33. The van der Waals surface area contributed by atoms with Crippen LogP contribution in [0.3, 0.4) is 0 Å². The summed E-state index contributed by atoms with van der Waals surface area (Å²) in [6, 6.07) is 11.4. The lowest BCUT2D eigenvalue weighted by molar-refractivity contribution is -0.115. The standard InChI is InChI=1S/C19H16N2O3S/c22-8-13-2-1-12(6-15(13)9-23)19-21-17(10-25-19)11-3-4-16-14(5-11)7-18(24)20-16/h1-6,10,22-23H,7-9H2,(H,20,24). The van der Waals surface area contributed by atoms with E-state index in [4.69, 9.17) is 4.98 Å². The van der Waals surface area contributed by atoms with Gasteiger partial charge in [0.1, 0.15) is 5.01 Å². The molecule has 1 aliphatic heterocycles. The highest BCUT2D eigenvalue weighted by atomic mass is 32.1. The molecular weight excluding hydrogens is 336 g/mol. The molecule has 0 unspecified atom stereocenters. The van der Waals surface area contributed by atoms with Crippen LogP contribution in [0.5, 0.6) is 0 Å². The first-order valence-corrected chi connectivity index (χ1v) is 8.78. The van der Waals surface area contributed by atoms with Gasteiger partial charge in [-0.05, 0) is 34.9 Å². The number of amides is 1. The highest BCUT2D eigenvalue weighted by Gasteiger charge is 2.18.